The summed E-state index contributed by atoms with van der Waals surface area (Å²) in [5, 5.41) is 9.61. The molecule has 1 amide bonds. The van der Waals surface area contributed by atoms with Gasteiger partial charge < -0.3 is 16.0 Å². The number of hydrogen-bond acceptors (Lipinski definition) is 2. The molecule has 0 bridgehead atoms. The number of carbonyl (C=O) groups is 1. The number of halogens is 1. The molecule has 0 saturated heterocycles. The summed E-state index contributed by atoms with van der Waals surface area (Å²) in [5.41, 5.74) is 1.60. The van der Waals surface area contributed by atoms with Crippen molar-refractivity contribution >= 4 is 35.8 Å². The number of carbonyl (C=O) groups excluding carboxylic acids is 1. The monoisotopic (exact) mass is 472 g/mol. The summed E-state index contributed by atoms with van der Waals surface area (Å²) in [6, 6.07) is 10.8. The number of rotatable bonds is 8. The SMILES string of the molecule is CCCNC(=O)CCNC(=NC)NCC1(c2ccccc2)CCCC1.I. The Bertz CT molecular complexity index is 556. The van der Waals surface area contributed by atoms with Crippen LogP contribution in [0.5, 0.6) is 0 Å². The van der Waals surface area contributed by atoms with Gasteiger partial charge in [0.1, 0.15) is 0 Å². The number of amides is 1. The Labute approximate surface area is 174 Å². The molecular weight excluding hydrogens is 439 g/mol. The molecule has 0 spiro atoms. The lowest BCUT2D eigenvalue weighted by Gasteiger charge is -2.30. The highest BCUT2D eigenvalue weighted by Gasteiger charge is 2.35. The second-order valence-corrected chi connectivity index (χ2v) is 6.81. The van der Waals surface area contributed by atoms with Gasteiger partial charge in [0.15, 0.2) is 5.96 Å². The second-order valence-electron chi connectivity index (χ2n) is 6.81. The van der Waals surface area contributed by atoms with Crippen molar-refractivity contribution in [3.05, 3.63) is 35.9 Å². The molecule has 3 N–H and O–H groups in total. The molecule has 0 radical (unpaired) electrons. The number of hydrogen-bond donors (Lipinski definition) is 3. The average Bonchev–Trinajstić information content (AvgIpc) is 3.13. The maximum absolute atomic E-state index is 11.7. The van der Waals surface area contributed by atoms with E-state index in [9.17, 15) is 4.79 Å². The fourth-order valence-corrected chi connectivity index (χ4v) is 3.53. The Hall–Kier alpha value is -1.31. The molecule has 1 fully saturated rings. The van der Waals surface area contributed by atoms with E-state index in [2.05, 4.69) is 58.2 Å². The largest absolute Gasteiger partial charge is 0.356 e. The highest BCUT2D eigenvalue weighted by Crippen LogP contribution is 2.40. The van der Waals surface area contributed by atoms with Crippen LogP contribution >= 0.6 is 24.0 Å². The maximum Gasteiger partial charge on any atom is 0.221 e. The van der Waals surface area contributed by atoms with Crippen molar-refractivity contribution in [1.82, 2.24) is 16.0 Å². The van der Waals surface area contributed by atoms with Gasteiger partial charge >= 0.3 is 0 Å². The first-order valence-corrected chi connectivity index (χ1v) is 9.47. The van der Waals surface area contributed by atoms with Crippen molar-refractivity contribution in [1.29, 1.82) is 0 Å². The number of guanidine groups is 1. The summed E-state index contributed by atoms with van der Waals surface area (Å²) in [6.45, 7) is 4.26. The van der Waals surface area contributed by atoms with E-state index in [1.807, 2.05) is 0 Å². The van der Waals surface area contributed by atoms with Gasteiger partial charge in [-0.2, -0.15) is 0 Å². The Morgan fingerprint density at radius 2 is 1.77 bits per heavy atom. The Morgan fingerprint density at radius 1 is 1.08 bits per heavy atom. The van der Waals surface area contributed by atoms with E-state index in [0.29, 0.717) is 13.0 Å². The van der Waals surface area contributed by atoms with Crippen LogP contribution in [0.1, 0.15) is 51.0 Å². The summed E-state index contributed by atoms with van der Waals surface area (Å²) in [6.07, 6.45) is 6.40. The van der Waals surface area contributed by atoms with Gasteiger partial charge in [-0.3, -0.25) is 9.79 Å². The molecule has 146 valence electrons. The Balaban J connectivity index is 0.00000338. The van der Waals surface area contributed by atoms with Crippen LogP contribution in [0, 0.1) is 0 Å². The number of nitrogens with one attached hydrogen (secondary N) is 3. The van der Waals surface area contributed by atoms with E-state index in [-0.39, 0.29) is 35.3 Å². The molecule has 0 aliphatic heterocycles. The fourth-order valence-electron chi connectivity index (χ4n) is 3.53. The lowest BCUT2D eigenvalue weighted by molar-refractivity contribution is -0.120. The first kappa shape index (κ1) is 22.7. The van der Waals surface area contributed by atoms with Crippen molar-refractivity contribution in [2.24, 2.45) is 4.99 Å². The summed E-state index contributed by atoms with van der Waals surface area (Å²) in [7, 11) is 1.77. The van der Waals surface area contributed by atoms with Gasteiger partial charge in [0, 0.05) is 38.5 Å². The van der Waals surface area contributed by atoms with Crippen LogP contribution in [0.15, 0.2) is 35.3 Å². The molecule has 1 saturated carbocycles. The van der Waals surface area contributed by atoms with Crippen LogP contribution in [0.3, 0.4) is 0 Å². The molecule has 0 atom stereocenters. The predicted molar refractivity (Wildman–Crippen MR) is 119 cm³/mol. The molecule has 2 rings (SSSR count). The van der Waals surface area contributed by atoms with Crippen LogP contribution in [-0.4, -0.2) is 38.5 Å². The van der Waals surface area contributed by atoms with Crippen LogP contribution < -0.4 is 16.0 Å². The van der Waals surface area contributed by atoms with Crippen molar-refractivity contribution < 1.29 is 4.79 Å². The first-order valence-electron chi connectivity index (χ1n) is 9.47. The molecule has 1 aliphatic carbocycles. The third kappa shape index (κ3) is 6.78. The van der Waals surface area contributed by atoms with E-state index < -0.39 is 0 Å². The smallest absolute Gasteiger partial charge is 0.221 e. The zero-order valence-electron chi connectivity index (χ0n) is 16.0. The molecular formula is C20H33IN4O. The third-order valence-corrected chi connectivity index (χ3v) is 4.98. The molecule has 1 aromatic carbocycles. The molecule has 6 heteroatoms. The van der Waals surface area contributed by atoms with Crippen molar-refractivity contribution in [3.63, 3.8) is 0 Å². The van der Waals surface area contributed by atoms with Gasteiger partial charge in [-0.1, -0.05) is 50.1 Å². The maximum atomic E-state index is 11.7. The van der Waals surface area contributed by atoms with E-state index in [1.54, 1.807) is 7.05 Å². The van der Waals surface area contributed by atoms with Crippen molar-refractivity contribution in [2.75, 3.05) is 26.7 Å². The number of benzene rings is 1. The minimum absolute atomic E-state index is 0. The quantitative estimate of drug-likeness (QED) is 0.309. The van der Waals surface area contributed by atoms with Gasteiger partial charge in [-0.05, 0) is 24.8 Å². The third-order valence-electron chi connectivity index (χ3n) is 4.98. The minimum Gasteiger partial charge on any atom is -0.356 e. The second kappa shape index (κ2) is 12.1. The molecule has 5 nitrogen and oxygen atoms in total. The lowest BCUT2D eigenvalue weighted by atomic mass is 9.79. The van der Waals surface area contributed by atoms with Gasteiger partial charge in [-0.15, -0.1) is 24.0 Å². The molecule has 0 unspecified atom stereocenters. The van der Waals surface area contributed by atoms with Crippen LogP contribution in [-0.2, 0) is 10.2 Å². The zero-order chi connectivity index (χ0) is 18.0. The normalized spacial score (nSPS) is 15.8. The van der Waals surface area contributed by atoms with Gasteiger partial charge in [0.25, 0.3) is 0 Å². The molecule has 0 aromatic heterocycles. The summed E-state index contributed by atoms with van der Waals surface area (Å²) < 4.78 is 0. The number of aliphatic imine (C=N–C) groups is 1. The van der Waals surface area contributed by atoms with Crippen molar-refractivity contribution in [3.8, 4) is 0 Å². The van der Waals surface area contributed by atoms with Crippen LogP contribution in [0.2, 0.25) is 0 Å². The highest BCUT2D eigenvalue weighted by molar-refractivity contribution is 14.0. The van der Waals surface area contributed by atoms with E-state index >= 15 is 0 Å². The van der Waals surface area contributed by atoms with Gasteiger partial charge in [0.05, 0.1) is 0 Å². The van der Waals surface area contributed by atoms with Crippen LogP contribution in [0.25, 0.3) is 0 Å². The van der Waals surface area contributed by atoms with E-state index in [1.165, 1.54) is 31.2 Å². The fraction of sp³-hybridized carbons (Fsp3) is 0.600. The zero-order valence-corrected chi connectivity index (χ0v) is 18.3. The minimum atomic E-state index is 0. The van der Waals surface area contributed by atoms with Gasteiger partial charge in [-0.25, -0.2) is 0 Å². The molecule has 26 heavy (non-hydrogen) atoms. The number of nitrogens with zero attached hydrogens (tertiary/aromatic N) is 1. The van der Waals surface area contributed by atoms with Gasteiger partial charge in [0.2, 0.25) is 5.91 Å². The van der Waals surface area contributed by atoms with E-state index in [0.717, 1.165) is 25.5 Å². The van der Waals surface area contributed by atoms with Crippen LogP contribution in [0.4, 0.5) is 0 Å². The lowest BCUT2D eigenvalue weighted by Crippen LogP contribution is -2.45. The Morgan fingerprint density at radius 3 is 2.38 bits per heavy atom. The highest BCUT2D eigenvalue weighted by atomic mass is 127. The molecule has 1 aromatic rings. The molecule has 1 aliphatic rings. The summed E-state index contributed by atoms with van der Waals surface area (Å²) in [4.78, 5) is 16.0. The predicted octanol–water partition coefficient (Wildman–Crippen LogP) is 3.20. The standard InChI is InChI=1S/C20H32N4O.HI/c1-3-14-22-18(25)11-15-23-19(21-2)24-16-20(12-7-8-13-20)17-9-5-4-6-10-17;/h4-6,9-10H,3,7-8,11-16H2,1-2H3,(H,22,25)(H2,21,23,24);1H. The average molecular weight is 472 g/mol. The Kier molecular flexibility index (Phi) is 10.6. The molecule has 0 heterocycles. The summed E-state index contributed by atoms with van der Waals surface area (Å²) in [5.74, 6) is 0.854. The summed E-state index contributed by atoms with van der Waals surface area (Å²) >= 11 is 0. The van der Waals surface area contributed by atoms with E-state index in [4.69, 9.17) is 0 Å². The first-order chi connectivity index (χ1) is 12.2. The van der Waals surface area contributed by atoms with Crippen molar-refractivity contribution in [2.45, 2.75) is 50.9 Å². The topological polar surface area (TPSA) is 65.5 Å².